The van der Waals surface area contributed by atoms with Crippen molar-refractivity contribution in [2.45, 2.75) is 18.8 Å². The average Bonchev–Trinajstić information content (AvgIpc) is 2.74. The second kappa shape index (κ2) is 4.85. The summed E-state index contributed by atoms with van der Waals surface area (Å²) in [5, 5.41) is 3.38. The predicted octanol–water partition coefficient (Wildman–Crippen LogP) is 2.45. The van der Waals surface area contributed by atoms with Gasteiger partial charge >= 0.3 is 0 Å². The molecule has 0 bridgehead atoms. The molecule has 0 amide bonds. The predicted molar refractivity (Wildman–Crippen MR) is 68.2 cm³/mol. The number of aromatic amines is 1. The maximum absolute atomic E-state index is 4.65. The lowest BCUT2D eigenvalue weighted by Gasteiger charge is -2.20. The number of imidazole rings is 1. The third-order valence-corrected chi connectivity index (χ3v) is 3.13. The molecular formula is C12H16ClN3. The van der Waals surface area contributed by atoms with E-state index in [0.717, 1.165) is 29.9 Å². The molecule has 1 aliphatic rings. The van der Waals surface area contributed by atoms with E-state index in [-0.39, 0.29) is 12.4 Å². The topological polar surface area (TPSA) is 40.7 Å². The Morgan fingerprint density at radius 1 is 1.12 bits per heavy atom. The number of halogens is 1. The Hall–Kier alpha value is -1.06. The van der Waals surface area contributed by atoms with Gasteiger partial charge in [-0.05, 0) is 38.1 Å². The van der Waals surface area contributed by atoms with Gasteiger partial charge in [-0.1, -0.05) is 12.1 Å². The average molecular weight is 238 g/mol. The molecule has 4 heteroatoms. The Kier molecular flexibility index (Phi) is 3.46. The molecule has 0 unspecified atom stereocenters. The Bertz CT molecular complexity index is 427. The van der Waals surface area contributed by atoms with Crippen LogP contribution in [-0.4, -0.2) is 23.1 Å². The van der Waals surface area contributed by atoms with Gasteiger partial charge in [0.05, 0.1) is 11.0 Å². The largest absolute Gasteiger partial charge is 0.342 e. The molecule has 0 aliphatic carbocycles. The van der Waals surface area contributed by atoms with Crippen molar-refractivity contribution in [1.82, 2.24) is 15.3 Å². The number of piperidine rings is 1. The van der Waals surface area contributed by atoms with Crippen molar-refractivity contribution < 1.29 is 0 Å². The smallest absolute Gasteiger partial charge is 0.110 e. The summed E-state index contributed by atoms with van der Waals surface area (Å²) in [4.78, 5) is 8.08. The number of H-pyrrole nitrogens is 1. The molecule has 0 radical (unpaired) electrons. The van der Waals surface area contributed by atoms with Crippen molar-refractivity contribution in [3.63, 3.8) is 0 Å². The standard InChI is InChI=1S/C12H15N3.ClH/c1-2-4-11-10(3-1)14-12(15-11)9-5-7-13-8-6-9;/h1-4,9,13H,5-8H2,(H,14,15);1H. The summed E-state index contributed by atoms with van der Waals surface area (Å²) in [6.07, 6.45) is 2.39. The highest BCUT2D eigenvalue weighted by atomic mass is 35.5. The number of hydrogen-bond donors (Lipinski definition) is 2. The van der Waals surface area contributed by atoms with E-state index in [1.165, 1.54) is 12.8 Å². The first-order valence-electron chi connectivity index (χ1n) is 5.59. The highest BCUT2D eigenvalue weighted by Crippen LogP contribution is 2.24. The molecule has 2 N–H and O–H groups in total. The fraction of sp³-hybridized carbons (Fsp3) is 0.417. The summed E-state index contributed by atoms with van der Waals surface area (Å²) >= 11 is 0. The Labute approximate surface area is 101 Å². The van der Waals surface area contributed by atoms with Crippen molar-refractivity contribution in [3.8, 4) is 0 Å². The number of benzene rings is 1. The van der Waals surface area contributed by atoms with Crippen LogP contribution in [0.1, 0.15) is 24.6 Å². The normalized spacial score (nSPS) is 17.2. The van der Waals surface area contributed by atoms with Crippen LogP contribution in [0.15, 0.2) is 24.3 Å². The minimum Gasteiger partial charge on any atom is -0.342 e. The first-order chi connectivity index (χ1) is 7.43. The number of aromatic nitrogens is 2. The van der Waals surface area contributed by atoms with Gasteiger partial charge in [-0.2, -0.15) is 0 Å². The van der Waals surface area contributed by atoms with Crippen LogP contribution in [0.2, 0.25) is 0 Å². The van der Waals surface area contributed by atoms with Gasteiger partial charge in [0.25, 0.3) is 0 Å². The maximum Gasteiger partial charge on any atom is 0.110 e. The van der Waals surface area contributed by atoms with Gasteiger partial charge in [0.15, 0.2) is 0 Å². The summed E-state index contributed by atoms with van der Waals surface area (Å²) in [6, 6.07) is 8.24. The fourth-order valence-electron chi connectivity index (χ4n) is 2.26. The first-order valence-corrected chi connectivity index (χ1v) is 5.59. The summed E-state index contributed by atoms with van der Waals surface area (Å²) in [5.74, 6) is 1.77. The second-order valence-electron chi connectivity index (χ2n) is 4.16. The zero-order valence-electron chi connectivity index (χ0n) is 9.07. The minimum atomic E-state index is 0. The van der Waals surface area contributed by atoms with Crippen LogP contribution in [-0.2, 0) is 0 Å². The van der Waals surface area contributed by atoms with Gasteiger partial charge < -0.3 is 10.3 Å². The van der Waals surface area contributed by atoms with Crippen molar-refractivity contribution in [2.24, 2.45) is 0 Å². The van der Waals surface area contributed by atoms with Crippen LogP contribution in [0.4, 0.5) is 0 Å². The van der Waals surface area contributed by atoms with Gasteiger partial charge in [0.2, 0.25) is 0 Å². The molecule has 2 heterocycles. The Balaban J connectivity index is 0.000000963. The fourth-order valence-corrected chi connectivity index (χ4v) is 2.26. The molecule has 0 saturated carbocycles. The summed E-state index contributed by atoms with van der Waals surface area (Å²) < 4.78 is 0. The van der Waals surface area contributed by atoms with Gasteiger partial charge in [-0.15, -0.1) is 12.4 Å². The number of nitrogens with zero attached hydrogens (tertiary/aromatic N) is 1. The molecule has 1 fully saturated rings. The van der Waals surface area contributed by atoms with Gasteiger partial charge in [0.1, 0.15) is 5.82 Å². The van der Waals surface area contributed by atoms with E-state index in [9.17, 15) is 0 Å². The van der Waals surface area contributed by atoms with Crippen LogP contribution in [0.25, 0.3) is 11.0 Å². The van der Waals surface area contributed by atoms with Gasteiger partial charge in [0, 0.05) is 5.92 Å². The molecule has 1 aromatic carbocycles. The molecule has 0 atom stereocenters. The maximum atomic E-state index is 4.65. The zero-order chi connectivity index (χ0) is 10.1. The second-order valence-corrected chi connectivity index (χ2v) is 4.16. The Morgan fingerprint density at radius 2 is 1.88 bits per heavy atom. The molecule has 1 aromatic heterocycles. The molecule has 3 nitrogen and oxygen atoms in total. The molecule has 1 aliphatic heterocycles. The first kappa shape index (κ1) is 11.4. The van der Waals surface area contributed by atoms with Crippen LogP contribution in [0.5, 0.6) is 0 Å². The third kappa shape index (κ3) is 2.06. The van der Waals surface area contributed by atoms with E-state index in [4.69, 9.17) is 0 Å². The highest BCUT2D eigenvalue weighted by Gasteiger charge is 2.18. The highest BCUT2D eigenvalue weighted by molar-refractivity contribution is 5.85. The van der Waals surface area contributed by atoms with E-state index >= 15 is 0 Å². The van der Waals surface area contributed by atoms with Crippen molar-refractivity contribution >= 4 is 23.4 Å². The monoisotopic (exact) mass is 237 g/mol. The molecule has 16 heavy (non-hydrogen) atoms. The van der Waals surface area contributed by atoms with Crippen LogP contribution < -0.4 is 5.32 Å². The van der Waals surface area contributed by atoms with E-state index in [1.54, 1.807) is 0 Å². The number of nitrogens with one attached hydrogen (secondary N) is 2. The number of fused-ring (bicyclic) bond motifs is 1. The molecule has 2 aromatic rings. The van der Waals surface area contributed by atoms with Crippen molar-refractivity contribution in [3.05, 3.63) is 30.1 Å². The van der Waals surface area contributed by atoms with Gasteiger partial charge in [-0.25, -0.2) is 4.98 Å². The third-order valence-electron chi connectivity index (χ3n) is 3.13. The van der Waals surface area contributed by atoms with Gasteiger partial charge in [-0.3, -0.25) is 0 Å². The number of hydrogen-bond acceptors (Lipinski definition) is 2. The lowest BCUT2D eigenvalue weighted by atomic mass is 9.98. The molecule has 0 spiro atoms. The lowest BCUT2D eigenvalue weighted by Crippen LogP contribution is -2.27. The number of rotatable bonds is 1. The molecule has 3 rings (SSSR count). The molecule has 86 valence electrons. The van der Waals surface area contributed by atoms with Crippen molar-refractivity contribution in [1.29, 1.82) is 0 Å². The van der Waals surface area contributed by atoms with Crippen LogP contribution in [0, 0.1) is 0 Å². The van der Waals surface area contributed by atoms with E-state index in [0.29, 0.717) is 5.92 Å². The SMILES string of the molecule is Cl.c1ccc2[nH]c(C3CCNCC3)nc2c1. The van der Waals surface area contributed by atoms with Crippen LogP contribution in [0.3, 0.4) is 0 Å². The summed E-state index contributed by atoms with van der Waals surface area (Å²) in [5.41, 5.74) is 2.25. The molecular weight excluding hydrogens is 222 g/mol. The molecule has 1 saturated heterocycles. The van der Waals surface area contributed by atoms with Crippen LogP contribution >= 0.6 is 12.4 Å². The van der Waals surface area contributed by atoms with E-state index < -0.39 is 0 Å². The number of para-hydroxylation sites is 2. The minimum absolute atomic E-state index is 0. The zero-order valence-corrected chi connectivity index (χ0v) is 9.89. The van der Waals surface area contributed by atoms with Crippen molar-refractivity contribution in [2.75, 3.05) is 13.1 Å². The van der Waals surface area contributed by atoms with E-state index in [2.05, 4.69) is 27.4 Å². The lowest BCUT2D eigenvalue weighted by molar-refractivity contribution is 0.448. The quantitative estimate of drug-likeness (QED) is 0.800. The Morgan fingerprint density at radius 3 is 2.62 bits per heavy atom. The summed E-state index contributed by atoms with van der Waals surface area (Å²) in [6.45, 7) is 2.23. The summed E-state index contributed by atoms with van der Waals surface area (Å²) in [7, 11) is 0. The van der Waals surface area contributed by atoms with E-state index in [1.807, 2.05) is 12.1 Å².